The minimum Gasteiger partial charge on any atom is -0.496 e. The van der Waals surface area contributed by atoms with E-state index < -0.39 is 0 Å². The quantitative estimate of drug-likeness (QED) is 0.556. The van der Waals surface area contributed by atoms with Crippen LogP contribution in [-0.4, -0.2) is 21.2 Å². The molecule has 2 aromatic carbocycles. The SMILES string of the molecule is COc1ccccc1Cn1c(C)c(C)c2c(=O)n(-c3ccccc3)cnc21. The lowest BCUT2D eigenvalue weighted by molar-refractivity contribution is 0.408. The lowest BCUT2D eigenvalue weighted by atomic mass is 10.2. The highest BCUT2D eigenvalue weighted by Gasteiger charge is 2.18. The average Bonchev–Trinajstić information content (AvgIpc) is 2.95. The zero-order valence-corrected chi connectivity index (χ0v) is 15.6. The fourth-order valence-corrected chi connectivity index (χ4v) is 3.49. The number of aryl methyl sites for hydroxylation is 1. The van der Waals surface area contributed by atoms with Crippen molar-refractivity contribution in [1.29, 1.82) is 0 Å². The third-order valence-electron chi connectivity index (χ3n) is 5.09. The van der Waals surface area contributed by atoms with Gasteiger partial charge in [-0.25, -0.2) is 4.98 Å². The molecule has 4 aromatic rings. The van der Waals surface area contributed by atoms with Gasteiger partial charge in [0.15, 0.2) is 0 Å². The van der Waals surface area contributed by atoms with Crippen molar-refractivity contribution in [2.75, 3.05) is 7.11 Å². The van der Waals surface area contributed by atoms with Crippen LogP contribution in [0.3, 0.4) is 0 Å². The molecule has 0 amide bonds. The second-order valence-electron chi connectivity index (χ2n) is 6.56. The molecule has 2 aromatic heterocycles. The first-order valence-electron chi connectivity index (χ1n) is 8.86. The Morgan fingerprint density at radius 2 is 1.70 bits per heavy atom. The summed E-state index contributed by atoms with van der Waals surface area (Å²) in [7, 11) is 1.67. The summed E-state index contributed by atoms with van der Waals surface area (Å²) in [5.74, 6) is 0.828. The Kier molecular flexibility index (Phi) is 4.28. The molecular weight excluding hydrogens is 338 g/mol. The van der Waals surface area contributed by atoms with Crippen LogP contribution in [0, 0.1) is 13.8 Å². The summed E-state index contributed by atoms with van der Waals surface area (Å²) in [5, 5.41) is 0.661. The van der Waals surface area contributed by atoms with Crippen molar-refractivity contribution < 1.29 is 4.74 Å². The molecule has 0 aliphatic heterocycles. The average molecular weight is 359 g/mol. The van der Waals surface area contributed by atoms with Crippen LogP contribution in [-0.2, 0) is 6.54 Å². The molecule has 5 heteroatoms. The summed E-state index contributed by atoms with van der Waals surface area (Å²) in [5.41, 5.74) is 4.51. The van der Waals surface area contributed by atoms with Gasteiger partial charge in [0.05, 0.1) is 24.7 Å². The lowest BCUT2D eigenvalue weighted by Crippen LogP contribution is -2.19. The van der Waals surface area contributed by atoms with Gasteiger partial charge in [0.1, 0.15) is 17.7 Å². The van der Waals surface area contributed by atoms with Gasteiger partial charge in [-0.15, -0.1) is 0 Å². The molecule has 4 rings (SSSR count). The maximum atomic E-state index is 13.2. The number of rotatable bonds is 4. The lowest BCUT2D eigenvalue weighted by Gasteiger charge is -2.12. The molecule has 5 nitrogen and oxygen atoms in total. The summed E-state index contributed by atoms with van der Waals surface area (Å²) < 4.78 is 9.16. The van der Waals surface area contributed by atoms with E-state index in [-0.39, 0.29) is 5.56 Å². The van der Waals surface area contributed by atoms with Gasteiger partial charge < -0.3 is 9.30 Å². The Balaban J connectivity index is 1.90. The minimum absolute atomic E-state index is 0.0504. The smallest absolute Gasteiger partial charge is 0.267 e. The Morgan fingerprint density at radius 1 is 1.00 bits per heavy atom. The highest BCUT2D eigenvalue weighted by Crippen LogP contribution is 2.25. The van der Waals surface area contributed by atoms with Crippen LogP contribution in [0.15, 0.2) is 65.7 Å². The molecule has 136 valence electrons. The van der Waals surface area contributed by atoms with Crippen molar-refractivity contribution in [3.63, 3.8) is 0 Å². The van der Waals surface area contributed by atoms with Crippen molar-refractivity contribution in [1.82, 2.24) is 14.1 Å². The molecule has 0 fully saturated rings. The van der Waals surface area contributed by atoms with Gasteiger partial charge in [-0.1, -0.05) is 36.4 Å². The molecule has 0 aliphatic rings. The van der Waals surface area contributed by atoms with Gasteiger partial charge in [-0.2, -0.15) is 0 Å². The number of nitrogens with zero attached hydrogens (tertiary/aromatic N) is 3. The van der Waals surface area contributed by atoms with Crippen LogP contribution in [0.5, 0.6) is 5.75 Å². The van der Waals surface area contributed by atoms with E-state index in [1.807, 2.05) is 68.4 Å². The Labute approximate surface area is 157 Å². The first kappa shape index (κ1) is 17.1. The molecular formula is C22H21N3O2. The summed E-state index contributed by atoms with van der Waals surface area (Å²) in [6.45, 7) is 4.61. The number of para-hydroxylation sites is 2. The Bertz CT molecular complexity index is 1170. The zero-order chi connectivity index (χ0) is 19.0. The van der Waals surface area contributed by atoms with E-state index in [0.717, 1.165) is 28.3 Å². The number of benzene rings is 2. The molecule has 0 unspecified atom stereocenters. The first-order valence-corrected chi connectivity index (χ1v) is 8.86. The van der Waals surface area contributed by atoms with Gasteiger partial charge in [-0.05, 0) is 37.6 Å². The molecule has 0 saturated heterocycles. The summed E-state index contributed by atoms with van der Waals surface area (Å²) in [6, 6.07) is 17.5. The molecule has 2 heterocycles. The fourth-order valence-electron chi connectivity index (χ4n) is 3.49. The van der Waals surface area contributed by atoms with E-state index in [1.54, 1.807) is 18.0 Å². The highest BCUT2D eigenvalue weighted by atomic mass is 16.5. The van der Waals surface area contributed by atoms with Crippen molar-refractivity contribution in [3.05, 3.63) is 88.1 Å². The second kappa shape index (κ2) is 6.76. The third-order valence-corrected chi connectivity index (χ3v) is 5.09. The van der Waals surface area contributed by atoms with E-state index >= 15 is 0 Å². The molecule has 0 atom stereocenters. The van der Waals surface area contributed by atoms with Crippen LogP contribution in [0.4, 0.5) is 0 Å². The highest BCUT2D eigenvalue weighted by molar-refractivity contribution is 5.81. The second-order valence-corrected chi connectivity index (χ2v) is 6.56. The monoisotopic (exact) mass is 359 g/mol. The Hall–Kier alpha value is -3.34. The normalized spacial score (nSPS) is 11.1. The Morgan fingerprint density at radius 3 is 2.44 bits per heavy atom. The van der Waals surface area contributed by atoms with Crippen molar-refractivity contribution in [2.24, 2.45) is 0 Å². The predicted octanol–water partition coefficient (Wildman–Crippen LogP) is 3.86. The molecule has 0 saturated carbocycles. The van der Waals surface area contributed by atoms with Crippen molar-refractivity contribution in [2.45, 2.75) is 20.4 Å². The summed E-state index contributed by atoms with van der Waals surface area (Å²) in [6.07, 6.45) is 1.61. The van der Waals surface area contributed by atoms with Crippen LogP contribution in [0.25, 0.3) is 16.7 Å². The van der Waals surface area contributed by atoms with Gasteiger partial charge in [0.25, 0.3) is 5.56 Å². The number of aromatic nitrogens is 3. The van der Waals surface area contributed by atoms with Crippen LogP contribution >= 0.6 is 0 Å². The first-order chi connectivity index (χ1) is 13.1. The number of hydrogen-bond acceptors (Lipinski definition) is 3. The molecule has 0 bridgehead atoms. The topological polar surface area (TPSA) is 49.0 Å². The molecule has 0 N–H and O–H groups in total. The molecule has 27 heavy (non-hydrogen) atoms. The van der Waals surface area contributed by atoms with Gasteiger partial charge in [-0.3, -0.25) is 9.36 Å². The molecule has 0 radical (unpaired) electrons. The third kappa shape index (κ3) is 2.81. The van der Waals surface area contributed by atoms with Crippen LogP contribution < -0.4 is 10.3 Å². The van der Waals surface area contributed by atoms with E-state index in [1.165, 1.54) is 0 Å². The standard InChI is InChI=1S/C22H21N3O2/c1-15-16(2)24(13-17-9-7-8-12-19(17)27-3)21-20(15)22(26)25(14-23-21)18-10-5-4-6-11-18/h4-12,14H,13H2,1-3H3. The van der Waals surface area contributed by atoms with E-state index in [2.05, 4.69) is 9.55 Å². The van der Waals surface area contributed by atoms with E-state index in [0.29, 0.717) is 17.6 Å². The minimum atomic E-state index is -0.0504. The maximum absolute atomic E-state index is 13.2. The van der Waals surface area contributed by atoms with E-state index in [9.17, 15) is 4.79 Å². The van der Waals surface area contributed by atoms with Gasteiger partial charge in [0, 0.05) is 11.3 Å². The maximum Gasteiger partial charge on any atom is 0.267 e. The van der Waals surface area contributed by atoms with Gasteiger partial charge >= 0.3 is 0 Å². The van der Waals surface area contributed by atoms with Gasteiger partial charge in [0.2, 0.25) is 0 Å². The molecule has 0 spiro atoms. The van der Waals surface area contributed by atoms with E-state index in [4.69, 9.17) is 4.74 Å². The number of methoxy groups -OCH3 is 1. The van der Waals surface area contributed by atoms with Crippen LogP contribution in [0.2, 0.25) is 0 Å². The summed E-state index contributed by atoms with van der Waals surface area (Å²) in [4.78, 5) is 17.8. The molecule has 0 aliphatic carbocycles. The summed E-state index contributed by atoms with van der Waals surface area (Å²) >= 11 is 0. The fraction of sp³-hybridized carbons (Fsp3) is 0.182. The number of ether oxygens (including phenoxy) is 1. The van der Waals surface area contributed by atoms with Crippen LogP contribution in [0.1, 0.15) is 16.8 Å². The van der Waals surface area contributed by atoms with Crippen molar-refractivity contribution >= 4 is 11.0 Å². The number of fused-ring (bicyclic) bond motifs is 1. The number of hydrogen-bond donors (Lipinski definition) is 0. The largest absolute Gasteiger partial charge is 0.496 e. The predicted molar refractivity (Wildman–Crippen MR) is 107 cm³/mol. The zero-order valence-electron chi connectivity index (χ0n) is 15.6. The van der Waals surface area contributed by atoms with Crippen molar-refractivity contribution in [3.8, 4) is 11.4 Å².